The van der Waals surface area contributed by atoms with Gasteiger partial charge in [0.15, 0.2) is 0 Å². The molecule has 2 N–H and O–H groups in total. The molecule has 0 bridgehead atoms. The molecule has 112 valence electrons. The summed E-state index contributed by atoms with van der Waals surface area (Å²) in [7, 11) is -3.80. The Labute approximate surface area is 133 Å². The first kappa shape index (κ1) is 16.1. The van der Waals surface area contributed by atoms with Crippen molar-refractivity contribution >= 4 is 38.9 Å². The van der Waals surface area contributed by atoms with Gasteiger partial charge in [0.1, 0.15) is 0 Å². The van der Waals surface area contributed by atoms with Gasteiger partial charge in [-0.3, -0.25) is 4.72 Å². The molecule has 0 heterocycles. The largest absolute Gasteiger partial charge is 0.392 e. The van der Waals surface area contributed by atoms with E-state index in [2.05, 4.69) is 4.72 Å². The van der Waals surface area contributed by atoms with E-state index >= 15 is 0 Å². The SMILES string of the molecule is Cc1c(CO)cccc1S(=O)(=O)Nc1ccc(Cl)cc1Cl. The maximum atomic E-state index is 12.4. The number of halogens is 2. The zero-order valence-corrected chi connectivity index (χ0v) is 13.4. The Hall–Kier alpha value is -1.27. The zero-order valence-electron chi connectivity index (χ0n) is 11.1. The molecule has 0 fully saturated rings. The summed E-state index contributed by atoms with van der Waals surface area (Å²) in [6.45, 7) is 1.42. The minimum Gasteiger partial charge on any atom is -0.392 e. The predicted octanol–water partition coefficient (Wildman–Crippen LogP) is 3.59. The van der Waals surface area contributed by atoms with Gasteiger partial charge in [-0.2, -0.15) is 0 Å². The molecule has 0 amide bonds. The molecule has 21 heavy (non-hydrogen) atoms. The number of aliphatic hydroxyl groups excluding tert-OH is 1. The highest BCUT2D eigenvalue weighted by molar-refractivity contribution is 7.92. The predicted molar refractivity (Wildman–Crippen MR) is 84.4 cm³/mol. The molecule has 0 radical (unpaired) electrons. The van der Waals surface area contributed by atoms with E-state index in [1.54, 1.807) is 25.1 Å². The lowest BCUT2D eigenvalue weighted by atomic mass is 10.1. The average Bonchev–Trinajstić information content (AvgIpc) is 2.42. The highest BCUT2D eigenvalue weighted by Crippen LogP contribution is 2.28. The standard InChI is InChI=1S/C14H13Cl2NO3S/c1-9-10(8-18)3-2-4-14(9)21(19,20)17-13-6-5-11(15)7-12(13)16/h2-7,17-18H,8H2,1H3. The van der Waals surface area contributed by atoms with Crippen molar-refractivity contribution in [3.63, 3.8) is 0 Å². The van der Waals surface area contributed by atoms with Crippen molar-refractivity contribution in [1.82, 2.24) is 0 Å². The molecule has 4 nitrogen and oxygen atoms in total. The molecule has 0 aliphatic rings. The maximum absolute atomic E-state index is 12.4. The molecular formula is C14H13Cl2NO3S. The van der Waals surface area contributed by atoms with E-state index in [1.165, 1.54) is 18.2 Å². The molecule has 7 heteroatoms. The van der Waals surface area contributed by atoms with Gasteiger partial charge in [-0.25, -0.2) is 8.42 Å². The van der Waals surface area contributed by atoms with Crippen LogP contribution < -0.4 is 4.72 Å². The first-order valence-electron chi connectivity index (χ1n) is 6.02. The number of anilines is 1. The fourth-order valence-corrected chi connectivity index (χ4v) is 3.78. The first-order valence-corrected chi connectivity index (χ1v) is 8.26. The van der Waals surface area contributed by atoms with Crippen molar-refractivity contribution in [2.24, 2.45) is 0 Å². The van der Waals surface area contributed by atoms with Crippen LogP contribution >= 0.6 is 23.2 Å². The monoisotopic (exact) mass is 345 g/mol. The van der Waals surface area contributed by atoms with Crippen LogP contribution in [0.25, 0.3) is 0 Å². The van der Waals surface area contributed by atoms with Crippen LogP contribution in [0.15, 0.2) is 41.3 Å². The van der Waals surface area contributed by atoms with Crippen LogP contribution in [-0.2, 0) is 16.6 Å². The fraction of sp³-hybridized carbons (Fsp3) is 0.143. The Balaban J connectivity index is 2.43. The van der Waals surface area contributed by atoms with Crippen molar-refractivity contribution in [3.8, 4) is 0 Å². The van der Waals surface area contributed by atoms with E-state index in [0.717, 1.165) is 0 Å². The lowest BCUT2D eigenvalue weighted by molar-refractivity contribution is 0.280. The summed E-state index contributed by atoms with van der Waals surface area (Å²) >= 11 is 11.8. The molecule has 0 saturated carbocycles. The lowest BCUT2D eigenvalue weighted by Gasteiger charge is -2.13. The number of hydrogen-bond acceptors (Lipinski definition) is 3. The summed E-state index contributed by atoms with van der Waals surface area (Å²) in [6.07, 6.45) is 0. The van der Waals surface area contributed by atoms with Crippen molar-refractivity contribution in [2.75, 3.05) is 4.72 Å². The Bertz CT molecular complexity index is 776. The minimum absolute atomic E-state index is 0.0973. The summed E-state index contributed by atoms with van der Waals surface area (Å²) in [4.78, 5) is 0.0973. The molecule has 0 aliphatic carbocycles. The third-order valence-corrected chi connectivity index (χ3v) is 5.09. The van der Waals surface area contributed by atoms with E-state index in [4.69, 9.17) is 23.2 Å². The Kier molecular flexibility index (Phi) is 4.78. The molecule has 2 aromatic rings. The van der Waals surface area contributed by atoms with Crippen LogP contribution in [0, 0.1) is 6.92 Å². The van der Waals surface area contributed by atoms with Gasteiger partial charge in [-0.15, -0.1) is 0 Å². The summed E-state index contributed by atoms with van der Waals surface area (Å²) < 4.78 is 27.3. The van der Waals surface area contributed by atoms with E-state index in [-0.39, 0.29) is 22.2 Å². The maximum Gasteiger partial charge on any atom is 0.262 e. The number of benzene rings is 2. The topological polar surface area (TPSA) is 66.4 Å². The molecular weight excluding hydrogens is 333 g/mol. The van der Waals surface area contributed by atoms with Gasteiger partial charge in [0.25, 0.3) is 10.0 Å². The van der Waals surface area contributed by atoms with Gasteiger partial charge < -0.3 is 5.11 Å². The van der Waals surface area contributed by atoms with E-state index < -0.39 is 10.0 Å². The molecule has 0 aromatic heterocycles. The van der Waals surface area contributed by atoms with Crippen molar-refractivity contribution in [1.29, 1.82) is 0 Å². The van der Waals surface area contributed by atoms with Gasteiger partial charge in [-0.05, 0) is 42.3 Å². The number of sulfonamides is 1. The molecule has 0 atom stereocenters. The third-order valence-electron chi connectivity index (χ3n) is 3.03. The van der Waals surface area contributed by atoms with Crippen molar-refractivity contribution < 1.29 is 13.5 Å². The number of nitrogens with one attached hydrogen (secondary N) is 1. The number of rotatable bonds is 4. The summed E-state index contributed by atoms with van der Waals surface area (Å²) in [5.74, 6) is 0. The Morgan fingerprint density at radius 2 is 1.90 bits per heavy atom. The fourth-order valence-electron chi connectivity index (χ4n) is 1.89. The number of aliphatic hydroxyl groups is 1. The minimum atomic E-state index is -3.80. The van der Waals surface area contributed by atoms with Crippen LogP contribution in [0.4, 0.5) is 5.69 Å². The lowest BCUT2D eigenvalue weighted by Crippen LogP contribution is -2.15. The molecule has 0 saturated heterocycles. The van der Waals surface area contributed by atoms with Gasteiger partial charge in [-0.1, -0.05) is 35.3 Å². The van der Waals surface area contributed by atoms with Crippen molar-refractivity contribution in [3.05, 3.63) is 57.6 Å². The second kappa shape index (κ2) is 6.23. The second-order valence-corrected chi connectivity index (χ2v) is 6.92. The summed E-state index contributed by atoms with van der Waals surface area (Å²) in [6, 6.07) is 9.22. The normalized spacial score (nSPS) is 11.4. The zero-order chi connectivity index (χ0) is 15.6. The Morgan fingerprint density at radius 3 is 2.52 bits per heavy atom. The average molecular weight is 346 g/mol. The Morgan fingerprint density at radius 1 is 1.19 bits per heavy atom. The smallest absolute Gasteiger partial charge is 0.262 e. The molecule has 2 rings (SSSR count). The van der Waals surface area contributed by atoms with Crippen LogP contribution in [-0.4, -0.2) is 13.5 Å². The third kappa shape index (κ3) is 3.49. The second-order valence-electron chi connectivity index (χ2n) is 4.43. The van der Waals surface area contributed by atoms with Gasteiger partial charge in [0, 0.05) is 5.02 Å². The first-order chi connectivity index (χ1) is 9.85. The molecule has 2 aromatic carbocycles. The van der Waals surface area contributed by atoms with Crippen molar-refractivity contribution in [2.45, 2.75) is 18.4 Å². The molecule has 0 unspecified atom stereocenters. The summed E-state index contributed by atoms with van der Waals surface area (Å²) in [5.41, 5.74) is 1.30. The highest BCUT2D eigenvalue weighted by atomic mass is 35.5. The number of hydrogen-bond donors (Lipinski definition) is 2. The van der Waals surface area contributed by atoms with Crippen LogP contribution in [0.1, 0.15) is 11.1 Å². The quantitative estimate of drug-likeness (QED) is 0.889. The highest BCUT2D eigenvalue weighted by Gasteiger charge is 2.19. The molecule has 0 aliphatic heterocycles. The summed E-state index contributed by atoms with van der Waals surface area (Å²) in [5, 5.41) is 9.85. The van der Waals surface area contributed by atoms with Crippen LogP contribution in [0.5, 0.6) is 0 Å². The molecule has 0 spiro atoms. The van der Waals surface area contributed by atoms with Crippen LogP contribution in [0.2, 0.25) is 10.0 Å². The van der Waals surface area contributed by atoms with Gasteiger partial charge in [0.05, 0.1) is 22.2 Å². The van der Waals surface area contributed by atoms with E-state index in [9.17, 15) is 13.5 Å². The van der Waals surface area contributed by atoms with Gasteiger partial charge >= 0.3 is 0 Å². The van der Waals surface area contributed by atoms with E-state index in [0.29, 0.717) is 16.1 Å². The van der Waals surface area contributed by atoms with Crippen LogP contribution in [0.3, 0.4) is 0 Å². The van der Waals surface area contributed by atoms with E-state index in [1.807, 2.05) is 0 Å². The van der Waals surface area contributed by atoms with Gasteiger partial charge in [0.2, 0.25) is 0 Å².